The summed E-state index contributed by atoms with van der Waals surface area (Å²) < 4.78 is 14.8. The number of carbonyl (C=O) groups excluding carboxylic acids is 1. The minimum Gasteiger partial charge on any atom is -0.506 e. The lowest BCUT2D eigenvalue weighted by Crippen LogP contribution is -2.14. The predicted molar refractivity (Wildman–Crippen MR) is 102 cm³/mol. The standard InChI is InChI=1S/C16H9FI2N2O2/c17-11-3-1-2-4-14(11)21-16(23)10(8-20)5-9-6-12(18)15(22)13(19)7-9/h1-7,22H,(H,21,23)/b10-5+. The maximum absolute atomic E-state index is 13.5. The third-order valence-corrected chi connectivity index (χ3v) is 4.48. The van der Waals surface area contributed by atoms with E-state index in [1.165, 1.54) is 24.3 Å². The van der Waals surface area contributed by atoms with E-state index in [0.717, 1.165) is 0 Å². The lowest BCUT2D eigenvalue weighted by atomic mass is 10.1. The third kappa shape index (κ3) is 4.42. The lowest BCUT2D eigenvalue weighted by Gasteiger charge is -2.06. The van der Waals surface area contributed by atoms with Crippen LogP contribution in [-0.4, -0.2) is 11.0 Å². The molecule has 0 aliphatic rings. The van der Waals surface area contributed by atoms with Crippen LogP contribution in [0.5, 0.6) is 5.75 Å². The van der Waals surface area contributed by atoms with Gasteiger partial charge in [0.1, 0.15) is 23.2 Å². The SMILES string of the molecule is N#C/C(=C\c1cc(I)c(O)c(I)c1)C(=O)Nc1ccccc1F. The summed E-state index contributed by atoms with van der Waals surface area (Å²) in [5, 5.41) is 21.3. The lowest BCUT2D eigenvalue weighted by molar-refractivity contribution is -0.112. The van der Waals surface area contributed by atoms with E-state index in [0.29, 0.717) is 12.7 Å². The molecule has 116 valence electrons. The van der Waals surface area contributed by atoms with Gasteiger partial charge in [-0.1, -0.05) is 12.1 Å². The second-order valence-electron chi connectivity index (χ2n) is 4.44. The van der Waals surface area contributed by atoms with Crippen molar-refractivity contribution in [3.8, 4) is 11.8 Å². The Bertz CT molecular complexity index is 821. The van der Waals surface area contributed by atoms with Crippen molar-refractivity contribution in [1.82, 2.24) is 0 Å². The van der Waals surface area contributed by atoms with Gasteiger partial charge in [0.15, 0.2) is 0 Å². The number of anilines is 1. The molecule has 2 aromatic rings. The summed E-state index contributed by atoms with van der Waals surface area (Å²) in [5.74, 6) is -1.12. The first kappa shape index (κ1) is 17.7. The monoisotopic (exact) mass is 534 g/mol. The molecule has 0 aliphatic carbocycles. The van der Waals surface area contributed by atoms with Gasteiger partial charge in [-0.05, 0) is 81.1 Å². The average molecular weight is 534 g/mol. The highest BCUT2D eigenvalue weighted by molar-refractivity contribution is 14.1. The van der Waals surface area contributed by atoms with E-state index >= 15 is 0 Å². The van der Waals surface area contributed by atoms with Gasteiger partial charge in [-0.3, -0.25) is 4.79 Å². The summed E-state index contributed by atoms with van der Waals surface area (Å²) in [4.78, 5) is 12.1. The maximum Gasteiger partial charge on any atom is 0.266 e. The van der Waals surface area contributed by atoms with Crippen LogP contribution >= 0.6 is 45.2 Å². The smallest absolute Gasteiger partial charge is 0.266 e. The van der Waals surface area contributed by atoms with Crippen LogP contribution in [0.25, 0.3) is 6.08 Å². The van der Waals surface area contributed by atoms with Gasteiger partial charge in [-0.25, -0.2) is 4.39 Å². The van der Waals surface area contributed by atoms with Gasteiger partial charge in [0.2, 0.25) is 0 Å². The molecule has 0 heterocycles. The number of aromatic hydroxyl groups is 1. The molecular weight excluding hydrogens is 525 g/mol. The molecule has 4 nitrogen and oxygen atoms in total. The van der Waals surface area contributed by atoms with E-state index in [2.05, 4.69) is 5.32 Å². The van der Waals surface area contributed by atoms with Gasteiger partial charge < -0.3 is 10.4 Å². The number of carbonyl (C=O) groups is 1. The second kappa shape index (κ2) is 7.74. The number of hydrogen-bond donors (Lipinski definition) is 2. The number of rotatable bonds is 3. The third-order valence-electron chi connectivity index (χ3n) is 2.84. The van der Waals surface area contributed by atoms with Crippen molar-refractivity contribution in [2.75, 3.05) is 5.32 Å². The van der Waals surface area contributed by atoms with Crippen LogP contribution in [0.4, 0.5) is 10.1 Å². The fourth-order valence-electron chi connectivity index (χ4n) is 1.74. The predicted octanol–water partition coefficient (Wildman–Crippen LogP) is 4.29. The van der Waals surface area contributed by atoms with Gasteiger partial charge in [0, 0.05) is 0 Å². The molecule has 0 saturated carbocycles. The maximum atomic E-state index is 13.5. The summed E-state index contributed by atoms with van der Waals surface area (Å²) in [6, 6.07) is 10.8. The van der Waals surface area contributed by atoms with Crippen LogP contribution in [-0.2, 0) is 4.79 Å². The molecule has 0 radical (unpaired) electrons. The Hall–Kier alpha value is -1.67. The highest BCUT2D eigenvalue weighted by Gasteiger charge is 2.13. The zero-order valence-electron chi connectivity index (χ0n) is 11.5. The summed E-state index contributed by atoms with van der Waals surface area (Å²) in [6.45, 7) is 0. The summed E-state index contributed by atoms with van der Waals surface area (Å²) >= 11 is 3.92. The van der Waals surface area contributed by atoms with E-state index in [1.807, 2.05) is 45.2 Å². The second-order valence-corrected chi connectivity index (χ2v) is 6.76. The van der Waals surface area contributed by atoms with Crippen LogP contribution in [0.3, 0.4) is 0 Å². The number of nitrogens with one attached hydrogen (secondary N) is 1. The molecule has 0 aliphatic heterocycles. The van der Waals surface area contributed by atoms with Crippen molar-refractivity contribution in [2.45, 2.75) is 0 Å². The molecule has 1 amide bonds. The molecule has 2 aromatic carbocycles. The first-order chi connectivity index (χ1) is 10.9. The summed E-state index contributed by atoms with van der Waals surface area (Å²) in [5.41, 5.74) is 0.441. The van der Waals surface area contributed by atoms with Gasteiger partial charge >= 0.3 is 0 Å². The van der Waals surface area contributed by atoms with E-state index in [9.17, 15) is 19.6 Å². The number of phenols is 1. The van der Waals surface area contributed by atoms with Gasteiger partial charge in [-0.15, -0.1) is 0 Å². The highest BCUT2D eigenvalue weighted by Crippen LogP contribution is 2.28. The first-order valence-electron chi connectivity index (χ1n) is 6.28. The molecule has 7 heteroatoms. The molecule has 0 spiro atoms. The Labute approximate surface area is 159 Å². The van der Waals surface area contributed by atoms with Crippen molar-refractivity contribution in [3.05, 3.63) is 60.5 Å². The molecule has 0 bridgehead atoms. The Morgan fingerprint density at radius 2 is 1.87 bits per heavy atom. The Balaban J connectivity index is 2.31. The van der Waals surface area contributed by atoms with E-state index in [4.69, 9.17) is 0 Å². The zero-order chi connectivity index (χ0) is 17.0. The van der Waals surface area contributed by atoms with Crippen LogP contribution in [0.15, 0.2) is 42.0 Å². The molecule has 0 aromatic heterocycles. The van der Waals surface area contributed by atoms with Crippen molar-refractivity contribution in [1.29, 1.82) is 5.26 Å². The molecule has 0 saturated heterocycles. The van der Waals surface area contributed by atoms with Crippen LogP contribution in [0, 0.1) is 24.3 Å². The Kier molecular flexibility index (Phi) is 5.95. The Morgan fingerprint density at radius 3 is 2.43 bits per heavy atom. The quantitative estimate of drug-likeness (QED) is 0.351. The topological polar surface area (TPSA) is 73.1 Å². The van der Waals surface area contributed by atoms with Crippen molar-refractivity contribution in [2.24, 2.45) is 0 Å². The zero-order valence-corrected chi connectivity index (χ0v) is 15.8. The van der Waals surface area contributed by atoms with Gasteiger partial charge in [0.05, 0.1) is 12.8 Å². The summed E-state index contributed by atoms with van der Waals surface area (Å²) in [6.07, 6.45) is 1.39. The summed E-state index contributed by atoms with van der Waals surface area (Å²) in [7, 11) is 0. The van der Waals surface area contributed by atoms with Crippen LogP contribution < -0.4 is 5.32 Å². The van der Waals surface area contributed by atoms with E-state index in [1.54, 1.807) is 24.3 Å². The molecule has 2 rings (SSSR count). The number of para-hydroxylation sites is 1. The largest absolute Gasteiger partial charge is 0.506 e. The van der Waals surface area contributed by atoms with E-state index < -0.39 is 11.7 Å². The fourth-order valence-corrected chi connectivity index (χ4v) is 3.55. The molecular formula is C16H9FI2N2O2. The first-order valence-corrected chi connectivity index (χ1v) is 8.44. The number of benzene rings is 2. The number of hydrogen-bond acceptors (Lipinski definition) is 3. The van der Waals surface area contributed by atoms with Crippen molar-refractivity contribution < 1.29 is 14.3 Å². The Morgan fingerprint density at radius 1 is 1.26 bits per heavy atom. The number of phenolic OH excluding ortho intramolecular Hbond substituents is 1. The highest BCUT2D eigenvalue weighted by atomic mass is 127. The number of halogens is 3. The molecule has 0 fully saturated rings. The number of nitrogens with zero attached hydrogens (tertiary/aromatic N) is 1. The number of nitriles is 1. The normalized spacial score (nSPS) is 11.0. The molecule has 0 unspecified atom stereocenters. The van der Waals surface area contributed by atoms with Gasteiger partial charge in [-0.2, -0.15) is 5.26 Å². The van der Waals surface area contributed by atoms with Crippen LogP contribution in [0.1, 0.15) is 5.56 Å². The molecule has 23 heavy (non-hydrogen) atoms. The fraction of sp³-hybridized carbons (Fsp3) is 0. The van der Waals surface area contributed by atoms with Crippen molar-refractivity contribution in [3.63, 3.8) is 0 Å². The minimum atomic E-state index is -0.698. The van der Waals surface area contributed by atoms with Gasteiger partial charge in [0.25, 0.3) is 5.91 Å². The van der Waals surface area contributed by atoms with Crippen molar-refractivity contribution >= 4 is 62.9 Å². The van der Waals surface area contributed by atoms with Crippen LogP contribution in [0.2, 0.25) is 0 Å². The molecule has 0 atom stereocenters. The average Bonchev–Trinajstić information content (AvgIpc) is 2.52. The van der Waals surface area contributed by atoms with E-state index in [-0.39, 0.29) is 17.0 Å². The number of amides is 1. The molecule has 2 N–H and O–H groups in total. The minimum absolute atomic E-state index is 0.00789.